The van der Waals surface area contributed by atoms with Crippen LogP contribution in [0.1, 0.15) is 40.7 Å². The Bertz CT molecular complexity index is 933. The van der Waals surface area contributed by atoms with Crippen molar-refractivity contribution < 1.29 is 9.21 Å². The lowest BCUT2D eigenvalue weighted by Crippen LogP contribution is -2.33. The summed E-state index contributed by atoms with van der Waals surface area (Å²) in [7, 11) is 0. The van der Waals surface area contributed by atoms with E-state index in [9.17, 15) is 9.59 Å². The summed E-state index contributed by atoms with van der Waals surface area (Å²) in [5, 5.41) is 3.99. The van der Waals surface area contributed by atoms with Gasteiger partial charge in [0, 0.05) is 23.3 Å². The van der Waals surface area contributed by atoms with E-state index in [4.69, 9.17) is 4.42 Å². The second-order valence-electron chi connectivity index (χ2n) is 6.37. The predicted octanol–water partition coefficient (Wildman–Crippen LogP) is 3.31. The molecule has 5 heteroatoms. The van der Waals surface area contributed by atoms with E-state index >= 15 is 0 Å². The molecule has 1 atom stereocenters. The van der Waals surface area contributed by atoms with E-state index in [1.54, 1.807) is 6.92 Å². The van der Waals surface area contributed by atoms with Crippen LogP contribution in [-0.4, -0.2) is 10.9 Å². The molecule has 2 heterocycles. The van der Waals surface area contributed by atoms with Crippen molar-refractivity contribution in [1.29, 1.82) is 0 Å². The van der Waals surface area contributed by atoms with Gasteiger partial charge in [-0.25, -0.2) is 0 Å². The topological polar surface area (TPSA) is 75.1 Å². The number of aromatic nitrogens is 1. The summed E-state index contributed by atoms with van der Waals surface area (Å²) >= 11 is 0. The van der Waals surface area contributed by atoms with E-state index in [2.05, 4.69) is 10.3 Å². The van der Waals surface area contributed by atoms with E-state index in [0.717, 1.165) is 35.3 Å². The zero-order valence-electron chi connectivity index (χ0n) is 13.3. The van der Waals surface area contributed by atoms with Crippen LogP contribution in [0.3, 0.4) is 0 Å². The van der Waals surface area contributed by atoms with Gasteiger partial charge in [-0.3, -0.25) is 9.59 Å². The summed E-state index contributed by atoms with van der Waals surface area (Å²) in [6.07, 6.45) is 3.56. The normalized spacial score (nSPS) is 15.4. The molecule has 1 unspecified atom stereocenters. The number of pyridine rings is 1. The van der Waals surface area contributed by atoms with Crippen molar-refractivity contribution in [2.24, 2.45) is 5.92 Å². The van der Waals surface area contributed by atoms with E-state index in [1.165, 1.54) is 12.3 Å². The van der Waals surface area contributed by atoms with Gasteiger partial charge in [0.15, 0.2) is 5.43 Å². The fourth-order valence-electron chi connectivity index (χ4n) is 2.98. The van der Waals surface area contributed by atoms with Gasteiger partial charge in [-0.15, -0.1) is 0 Å². The number of para-hydroxylation sites is 1. The standard InChI is InChI=1S/C19H18N2O3/c1-11-8-15(22)14(10-20-11)19(23)21-18(12-6-7-12)17-9-13-4-2-3-5-16(13)24-17/h2-5,8-10,12,18H,6-7H2,1H3,(H,20,22)(H,21,23). The van der Waals surface area contributed by atoms with Crippen LogP contribution in [0, 0.1) is 12.8 Å². The Balaban J connectivity index is 1.64. The van der Waals surface area contributed by atoms with Crippen LogP contribution in [-0.2, 0) is 0 Å². The number of aryl methyl sites for hydroxylation is 1. The Morgan fingerprint density at radius 3 is 2.79 bits per heavy atom. The number of hydrogen-bond acceptors (Lipinski definition) is 3. The Kier molecular flexibility index (Phi) is 3.49. The quantitative estimate of drug-likeness (QED) is 0.774. The first-order chi connectivity index (χ1) is 11.6. The van der Waals surface area contributed by atoms with Crippen LogP contribution in [0.25, 0.3) is 11.0 Å². The molecule has 1 aliphatic carbocycles. The first-order valence-electron chi connectivity index (χ1n) is 8.10. The fraction of sp³-hybridized carbons (Fsp3) is 0.263. The van der Waals surface area contributed by atoms with Gasteiger partial charge in [-0.2, -0.15) is 0 Å². The van der Waals surface area contributed by atoms with E-state index in [-0.39, 0.29) is 22.9 Å². The first kappa shape index (κ1) is 14.8. The summed E-state index contributed by atoms with van der Waals surface area (Å²) in [6.45, 7) is 1.78. The van der Waals surface area contributed by atoms with E-state index in [0.29, 0.717) is 5.92 Å². The third-order valence-corrected chi connectivity index (χ3v) is 4.43. The van der Waals surface area contributed by atoms with Crippen LogP contribution in [0.4, 0.5) is 0 Å². The second kappa shape index (κ2) is 5.67. The number of rotatable bonds is 4. The molecule has 0 saturated heterocycles. The van der Waals surface area contributed by atoms with Crippen molar-refractivity contribution in [3.63, 3.8) is 0 Å². The van der Waals surface area contributed by atoms with Crippen molar-refractivity contribution in [1.82, 2.24) is 10.3 Å². The molecule has 0 spiro atoms. The number of furan rings is 1. The van der Waals surface area contributed by atoms with Crippen LogP contribution < -0.4 is 10.7 Å². The van der Waals surface area contributed by atoms with Gasteiger partial charge in [0.2, 0.25) is 0 Å². The lowest BCUT2D eigenvalue weighted by Gasteiger charge is -2.15. The number of carbonyl (C=O) groups is 1. The molecule has 2 aromatic heterocycles. The highest BCUT2D eigenvalue weighted by Crippen LogP contribution is 2.42. The molecular formula is C19H18N2O3. The van der Waals surface area contributed by atoms with Crippen LogP contribution in [0.2, 0.25) is 0 Å². The summed E-state index contributed by atoms with van der Waals surface area (Å²) in [5.41, 5.74) is 1.39. The molecule has 0 bridgehead atoms. The molecule has 1 saturated carbocycles. The Morgan fingerprint density at radius 2 is 2.08 bits per heavy atom. The molecule has 1 fully saturated rings. The molecule has 3 aromatic rings. The Hall–Kier alpha value is -2.82. The molecule has 5 nitrogen and oxygen atoms in total. The van der Waals surface area contributed by atoms with Crippen molar-refractivity contribution in [2.45, 2.75) is 25.8 Å². The average molecular weight is 322 g/mol. The highest BCUT2D eigenvalue weighted by atomic mass is 16.3. The monoisotopic (exact) mass is 322 g/mol. The number of amides is 1. The lowest BCUT2D eigenvalue weighted by molar-refractivity contribution is 0.0925. The zero-order valence-corrected chi connectivity index (χ0v) is 13.3. The summed E-state index contributed by atoms with van der Waals surface area (Å²) < 4.78 is 5.92. The van der Waals surface area contributed by atoms with Crippen LogP contribution >= 0.6 is 0 Å². The van der Waals surface area contributed by atoms with Gasteiger partial charge in [0.25, 0.3) is 5.91 Å². The van der Waals surface area contributed by atoms with Crippen molar-refractivity contribution in [3.8, 4) is 0 Å². The van der Waals surface area contributed by atoms with Gasteiger partial charge in [0.05, 0.1) is 6.04 Å². The largest absolute Gasteiger partial charge is 0.459 e. The highest BCUT2D eigenvalue weighted by molar-refractivity contribution is 5.94. The molecule has 122 valence electrons. The van der Waals surface area contributed by atoms with Crippen molar-refractivity contribution in [3.05, 3.63) is 69.8 Å². The maximum atomic E-state index is 12.5. The lowest BCUT2D eigenvalue weighted by atomic mass is 10.1. The molecular weight excluding hydrogens is 304 g/mol. The minimum absolute atomic E-state index is 0.127. The summed E-state index contributed by atoms with van der Waals surface area (Å²) in [6, 6.07) is 11.0. The SMILES string of the molecule is Cc1cc(=O)c(C(=O)NC(c2cc3ccccc3o2)C2CC2)c[nH]1. The summed E-state index contributed by atoms with van der Waals surface area (Å²) in [4.78, 5) is 27.5. The smallest absolute Gasteiger partial charge is 0.257 e. The predicted molar refractivity (Wildman–Crippen MR) is 90.9 cm³/mol. The molecule has 1 aromatic carbocycles. The molecule has 24 heavy (non-hydrogen) atoms. The maximum Gasteiger partial charge on any atom is 0.257 e. The number of fused-ring (bicyclic) bond motifs is 1. The highest BCUT2D eigenvalue weighted by Gasteiger charge is 2.36. The van der Waals surface area contributed by atoms with Crippen molar-refractivity contribution >= 4 is 16.9 Å². The zero-order chi connectivity index (χ0) is 16.7. The number of aromatic amines is 1. The second-order valence-corrected chi connectivity index (χ2v) is 6.37. The third-order valence-electron chi connectivity index (χ3n) is 4.43. The average Bonchev–Trinajstić information content (AvgIpc) is 3.30. The van der Waals surface area contributed by atoms with Gasteiger partial charge >= 0.3 is 0 Å². The van der Waals surface area contributed by atoms with Gasteiger partial charge in [0.1, 0.15) is 16.9 Å². The maximum absolute atomic E-state index is 12.5. The summed E-state index contributed by atoms with van der Waals surface area (Å²) in [5.74, 6) is 0.739. The van der Waals surface area contributed by atoms with Crippen LogP contribution in [0.5, 0.6) is 0 Å². The number of benzene rings is 1. The molecule has 1 amide bonds. The third kappa shape index (κ3) is 2.73. The van der Waals surface area contributed by atoms with Crippen molar-refractivity contribution in [2.75, 3.05) is 0 Å². The van der Waals surface area contributed by atoms with Gasteiger partial charge in [-0.05, 0) is 37.8 Å². The first-order valence-corrected chi connectivity index (χ1v) is 8.10. The Labute approximate surface area is 138 Å². The minimum Gasteiger partial charge on any atom is -0.459 e. The number of H-pyrrole nitrogens is 1. The molecule has 4 rings (SSSR count). The molecule has 0 aliphatic heterocycles. The molecule has 2 N–H and O–H groups in total. The molecule has 0 radical (unpaired) electrons. The number of nitrogens with one attached hydrogen (secondary N) is 2. The van der Waals surface area contributed by atoms with E-state index in [1.807, 2.05) is 30.3 Å². The fourth-order valence-corrected chi connectivity index (χ4v) is 2.98. The molecule has 1 aliphatic rings. The Morgan fingerprint density at radius 1 is 1.29 bits per heavy atom. The van der Waals surface area contributed by atoms with Gasteiger partial charge < -0.3 is 14.7 Å². The van der Waals surface area contributed by atoms with E-state index < -0.39 is 0 Å². The number of hydrogen-bond donors (Lipinski definition) is 2. The van der Waals surface area contributed by atoms with Gasteiger partial charge in [-0.1, -0.05) is 18.2 Å². The van der Waals surface area contributed by atoms with Crippen LogP contribution in [0.15, 0.2) is 51.8 Å². The number of carbonyl (C=O) groups excluding carboxylic acids is 1. The minimum atomic E-state index is -0.367.